The van der Waals surface area contributed by atoms with E-state index < -0.39 is 8.07 Å². The maximum absolute atomic E-state index is 2.79. The topological polar surface area (TPSA) is 9.86 Å². The van der Waals surface area contributed by atoms with E-state index in [1.165, 1.54) is 103 Å². The molecule has 67 heavy (non-hydrogen) atoms. The van der Waals surface area contributed by atoms with Crippen LogP contribution in [-0.2, 0) is 0 Å². The van der Waals surface area contributed by atoms with Crippen LogP contribution >= 0.6 is 0 Å². The van der Waals surface area contributed by atoms with E-state index in [-0.39, 0.29) is 0 Å². The van der Waals surface area contributed by atoms with Crippen LogP contribution in [0.2, 0.25) is 0 Å². The van der Waals surface area contributed by atoms with E-state index in [9.17, 15) is 0 Å². The number of hydrogen-bond acceptors (Lipinski definition) is 0. The number of para-hydroxylation sites is 2. The van der Waals surface area contributed by atoms with E-state index in [0.717, 1.165) is 5.69 Å². The molecule has 2 aromatic heterocycles. The van der Waals surface area contributed by atoms with Crippen molar-refractivity contribution in [3.8, 4) is 33.6 Å². The number of aromatic nitrogens is 2. The molecule has 0 unspecified atom stereocenters. The van der Waals surface area contributed by atoms with E-state index in [0.29, 0.717) is 0 Å². The van der Waals surface area contributed by atoms with Gasteiger partial charge in [0, 0.05) is 32.9 Å². The van der Waals surface area contributed by atoms with E-state index in [4.69, 9.17) is 0 Å². The van der Waals surface area contributed by atoms with Crippen LogP contribution in [0.4, 0.5) is 0 Å². The van der Waals surface area contributed by atoms with Crippen molar-refractivity contribution in [3.63, 3.8) is 0 Å². The molecule has 0 spiro atoms. The molecule has 13 aromatic rings. The Morgan fingerprint density at radius 2 is 0.672 bits per heavy atom. The molecular weight excluding hydrogens is 825 g/mol. The summed E-state index contributed by atoms with van der Waals surface area (Å²) < 4.78 is 4.87. The van der Waals surface area contributed by atoms with Crippen LogP contribution in [0.15, 0.2) is 267 Å². The Balaban J connectivity index is 0.971. The monoisotopic (exact) mass is 868 g/mol. The van der Waals surface area contributed by atoms with Crippen molar-refractivity contribution in [3.05, 3.63) is 267 Å². The molecule has 0 aliphatic heterocycles. The largest absolute Gasteiger partial charge is 0.309 e. The van der Waals surface area contributed by atoms with Gasteiger partial charge in [0.1, 0.15) is 0 Å². The van der Waals surface area contributed by atoms with Crippen molar-refractivity contribution in [1.29, 1.82) is 0 Å². The average Bonchev–Trinajstić information content (AvgIpc) is 3.92. The molecule has 0 radical (unpaired) electrons. The molecule has 13 rings (SSSR count). The van der Waals surface area contributed by atoms with Gasteiger partial charge in [-0.3, -0.25) is 0 Å². The first kappa shape index (κ1) is 38.9. The summed E-state index contributed by atoms with van der Waals surface area (Å²) in [5.74, 6) is 0. The predicted octanol–water partition coefficient (Wildman–Crippen LogP) is 13.7. The second kappa shape index (κ2) is 15.9. The molecule has 2 nitrogen and oxygen atoms in total. The van der Waals surface area contributed by atoms with Crippen LogP contribution in [0.1, 0.15) is 0 Å². The summed E-state index contributed by atoms with van der Waals surface area (Å²) in [5, 5.41) is 12.9. The van der Waals surface area contributed by atoms with Gasteiger partial charge in [-0.1, -0.05) is 206 Å². The van der Waals surface area contributed by atoms with E-state index in [2.05, 4.69) is 276 Å². The first-order valence-electron chi connectivity index (χ1n) is 23.2. The van der Waals surface area contributed by atoms with Crippen LogP contribution < -0.4 is 20.7 Å². The van der Waals surface area contributed by atoms with Gasteiger partial charge in [0.15, 0.2) is 8.07 Å². The predicted molar refractivity (Wildman–Crippen MR) is 287 cm³/mol. The van der Waals surface area contributed by atoms with Crippen LogP contribution in [0.25, 0.3) is 88.0 Å². The lowest BCUT2D eigenvalue weighted by atomic mass is 9.98. The zero-order chi connectivity index (χ0) is 44.3. The second-order valence-electron chi connectivity index (χ2n) is 17.7. The van der Waals surface area contributed by atoms with Gasteiger partial charge in [-0.2, -0.15) is 0 Å². The molecule has 0 atom stereocenters. The third-order valence-electron chi connectivity index (χ3n) is 14.0. The van der Waals surface area contributed by atoms with Crippen molar-refractivity contribution in [2.75, 3.05) is 0 Å². The lowest BCUT2D eigenvalue weighted by Crippen LogP contribution is -2.74. The van der Waals surface area contributed by atoms with Gasteiger partial charge < -0.3 is 9.13 Å². The van der Waals surface area contributed by atoms with Gasteiger partial charge in [0.05, 0.1) is 22.1 Å². The minimum atomic E-state index is -2.79. The van der Waals surface area contributed by atoms with Crippen molar-refractivity contribution >= 4 is 83.2 Å². The summed E-state index contributed by atoms with van der Waals surface area (Å²) >= 11 is 0. The molecule has 2 heterocycles. The third kappa shape index (κ3) is 6.31. The zero-order valence-corrected chi connectivity index (χ0v) is 37.8. The zero-order valence-electron chi connectivity index (χ0n) is 36.8. The number of benzene rings is 11. The van der Waals surface area contributed by atoms with Gasteiger partial charge >= 0.3 is 0 Å². The van der Waals surface area contributed by atoms with Crippen molar-refractivity contribution in [1.82, 2.24) is 9.13 Å². The summed E-state index contributed by atoms with van der Waals surface area (Å²) in [6.07, 6.45) is 0. The normalized spacial score (nSPS) is 11.9. The summed E-state index contributed by atoms with van der Waals surface area (Å²) in [5.41, 5.74) is 12.0. The smallest absolute Gasteiger partial charge is 0.179 e. The lowest BCUT2D eigenvalue weighted by molar-refractivity contribution is 1.18. The maximum atomic E-state index is 2.52. The Bertz CT molecular complexity index is 3850. The lowest BCUT2D eigenvalue weighted by Gasteiger charge is -2.34. The highest BCUT2D eigenvalue weighted by Crippen LogP contribution is 2.38. The van der Waals surface area contributed by atoms with Gasteiger partial charge in [-0.25, -0.2) is 0 Å². The second-order valence-corrected chi connectivity index (χ2v) is 21.5. The molecule has 11 aromatic carbocycles. The summed E-state index contributed by atoms with van der Waals surface area (Å²) in [7, 11) is -2.79. The summed E-state index contributed by atoms with van der Waals surface area (Å²) in [4.78, 5) is 0. The molecular formula is C64H44N2Si. The molecule has 0 bridgehead atoms. The quantitative estimate of drug-likeness (QED) is 0.106. The molecule has 3 heteroatoms. The van der Waals surface area contributed by atoms with Crippen LogP contribution in [0.3, 0.4) is 0 Å². The Kier molecular flexibility index (Phi) is 9.22. The highest BCUT2D eigenvalue weighted by molar-refractivity contribution is 7.20. The molecule has 0 saturated carbocycles. The molecule has 0 aliphatic carbocycles. The minimum Gasteiger partial charge on any atom is -0.309 e. The van der Waals surface area contributed by atoms with Crippen molar-refractivity contribution in [2.24, 2.45) is 0 Å². The number of nitrogens with zero attached hydrogens (tertiary/aromatic N) is 2. The fourth-order valence-corrected chi connectivity index (χ4v) is 15.7. The van der Waals surface area contributed by atoms with Gasteiger partial charge in [0.25, 0.3) is 0 Å². The Hall–Kier alpha value is -8.50. The van der Waals surface area contributed by atoms with Crippen molar-refractivity contribution in [2.45, 2.75) is 0 Å². The van der Waals surface area contributed by atoms with Crippen LogP contribution in [-0.4, -0.2) is 17.2 Å². The van der Waals surface area contributed by atoms with Gasteiger partial charge in [-0.15, -0.1) is 0 Å². The molecule has 314 valence electrons. The molecule has 0 saturated heterocycles. The van der Waals surface area contributed by atoms with Crippen LogP contribution in [0, 0.1) is 0 Å². The van der Waals surface area contributed by atoms with Gasteiger partial charge in [-0.05, 0) is 114 Å². The first-order chi connectivity index (χ1) is 33.2. The van der Waals surface area contributed by atoms with E-state index >= 15 is 0 Å². The highest BCUT2D eigenvalue weighted by atomic mass is 28.3. The average molecular weight is 869 g/mol. The molecule has 0 N–H and O–H groups in total. The highest BCUT2D eigenvalue weighted by Gasteiger charge is 2.41. The Labute approximate surface area is 390 Å². The SMILES string of the molecule is c1ccc(-n2c3ccccc3c3cc(-c4ccc(-c5ccc6c(c5)c5ccc([Si](c7ccccc7)(c7ccccc7)c7ccccc7)cc5n6-c5ccc6ccccc6c5)cc4)ccc32)cc1. The number of fused-ring (bicyclic) bond motifs is 7. The maximum Gasteiger partial charge on any atom is 0.179 e. The van der Waals surface area contributed by atoms with Crippen LogP contribution in [0.5, 0.6) is 0 Å². The Morgan fingerprint density at radius 1 is 0.224 bits per heavy atom. The molecule has 0 amide bonds. The minimum absolute atomic E-state index is 1.16. The van der Waals surface area contributed by atoms with Crippen molar-refractivity contribution < 1.29 is 0 Å². The van der Waals surface area contributed by atoms with E-state index in [1.54, 1.807) is 0 Å². The summed E-state index contributed by atoms with van der Waals surface area (Å²) in [6.45, 7) is 0. The molecule has 0 aliphatic rings. The standard InChI is InChI=1S/C64H44N2Si/c1-5-19-51(20-6-1)65-61-28-16-15-27-57(61)59-42-49(34-39-62(59)65)46-29-31-47(32-30-46)50-35-40-63-60(43-50)58-38-37-56(44-64(58)66(63)52-36-33-45-17-13-14-18-48(45)41-52)67(53-21-7-2-8-22-53,54-23-9-3-10-24-54)55-25-11-4-12-26-55/h1-44H. The van der Waals surface area contributed by atoms with E-state index in [1.807, 2.05) is 0 Å². The molecule has 0 fully saturated rings. The fourth-order valence-electron chi connectivity index (χ4n) is 11.0. The number of rotatable bonds is 8. The third-order valence-corrected chi connectivity index (χ3v) is 18.8. The summed E-state index contributed by atoms with van der Waals surface area (Å²) in [6, 6.07) is 99.1. The fraction of sp³-hybridized carbons (Fsp3) is 0. The number of hydrogen-bond donors (Lipinski definition) is 0. The first-order valence-corrected chi connectivity index (χ1v) is 25.2. The Morgan fingerprint density at radius 3 is 1.25 bits per heavy atom. The van der Waals surface area contributed by atoms with Gasteiger partial charge in [0.2, 0.25) is 0 Å².